The lowest BCUT2D eigenvalue weighted by atomic mass is 10.2. The molecule has 1 aromatic heterocycles. The van der Waals surface area contributed by atoms with Crippen molar-refractivity contribution >= 4 is 32.9 Å². The molecule has 33 heavy (non-hydrogen) atoms. The van der Waals surface area contributed by atoms with Crippen molar-refractivity contribution in [3.05, 3.63) is 72.3 Å². The van der Waals surface area contributed by atoms with Crippen LogP contribution in [0.3, 0.4) is 0 Å². The number of benzene rings is 3. The lowest BCUT2D eigenvalue weighted by molar-refractivity contribution is 0.476. The summed E-state index contributed by atoms with van der Waals surface area (Å²) in [5, 5.41) is 19.0. The number of para-hydroxylation sites is 2. The molecule has 1 heterocycles. The quantitative estimate of drug-likeness (QED) is 0.306. The van der Waals surface area contributed by atoms with Crippen molar-refractivity contribution in [2.45, 2.75) is 62.3 Å². The van der Waals surface area contributed by atoms with E-state index in [2.05, 4.69) is 35.4 Å². The lowest BCUT2D eigenvalue weighted by Crippen LogP contribution is -1.77. The summed E-state index contributed by atoms with van der Waals surface area (Å²) in [6, 6.07) is 20.9. The molecule has 0 bridgehead atoms. The molecule has 3 aromatic carbocycles. The fourth-order valence-electron chi connectivity index (χ4n) is 2.54. The van der Waals surface area contributed by atoms with Gasteiger partial charge in [-0.25, -0.2) is 4.98 Å². The molecular weight excluding hydrogens is 426 g/mol. The predicted octanol–water partition coefficient (Wildman–Crippen LogP) is 10.5. The van der Waals surface area contributed by atoms with E-state index in [0.717, 1.165) is 21.8 Å². The molecule has 0 aliphatic heterocycles. The molecule has 5 heteroatoms. The lowest BCUT2D eigenvalue weighted by Gasteiger charge is -1.98. The zero-order valence-corrected chi connectivity index (χ0v) is 22.4. The third-order valence-corrected chi connectivity index (χ3v) is 4.96. The molecule has 0 aliphatic carbocycles. The number of phenolic OH excluding ortho intramolecular Hbond substituents is 1. The minimum absolute atomic E-state index is 0.118. The second-order valence-corrected chi connectivity index (χ2v) is 6.71. The van der Waals surface area contributed by atoms with E-state index in [1.807, 2.05) is 85.7 Å². The van der Waals surface area contributed by atoms with E-state index in [4.69, 9.17) is 4.98 Å². The van der Waals surface area contributed by atoms with Gasteiger partial charge in [0.15, 0.2) is 0 Å². The Morgan fingerprint density at radius 3 is 1.88 bits per heavy atom. The van der Waals surface area contributed by atoms with Crippen LogP contribution in [0.25, 0.3) is 20.8 Å². The number of fused-ring (bicyclic) bond motifs is 1. The second kappa shape index (κ2) is 17.5. The van der Waals surface area contributed by atoms with Crippen LogP contribution < -0.4 is 0 Å². The Balaban J connectivity index is 0.00000116. The van der Waals surface area contributed by atoms with E-state index in [0.29, 0.717) is 5.69 Å². The number of aromatic nitrogens is 1. The number of rotatable bonds is 3. The van der Waals surface area contributed by atoms with E-state index in [1.165, 1.54) is 10.3 Å². The van der Waals surface area contributed by atoms with Crippen molar-refractivity contribution in [2.24, 2.45) is 10.2 Å². The van der Waals surface area contributed by atoms with Crippen LogP contribution in [0.4, 0.5) is 11.4 Å². The first-order chi connectivity index (χ1) is 16.2. The normalized spacial score (nSPS) is 9.36. The van der Waals surface area contributed by atoms with Crippen LogP contribution in [-0.4, -0.2) is 10.1 Å². The maximum Gasteiger partial charge on any atom is 0.143 e. The van der Waals surface area contributed by atoms with Gasteiger partial charge < -0.3 is 5.11 Å². The van der Waals surface area contributed by atoms with Gasteiger partial charge in [0, 0.05) is 5.56 Å². The molecule has 0 saturated carbocycles. The molecule has 4 rings (SSSR count). The molecular formula is C28H39N3OS. The largest absolute Gasteiger partial charge is 0.506 e. The van der Waals surface area contributed by atoms with Gasteiger partial charge in [-0.1, -0.05) is 79.7 Å². The first-order valence-electron chi connectivity index (χ1n) is 11.9. The molecule has 0 unspecified atom stereocenters. The number of aryl methyl sites for hydroxylation is 1. The van der Waals surface area contributed by atoms with E-state index in [9.17, 15) is 5.11 Å². The fraction of sp³-hybridized carbons (Fsp3) is 0.321. The Bertz CT molecular complexity index is 1070. The molecule has 178 valence electrons. The Morgan fingerprint density at radius 1 is 0.697 bits per heavy atom. The Hall–Kier alpha value is -3.05. The Kier molecular flexibility index (Phi) is 15.9. The van der Waals surface area contributed by atoms with Gasteiger partial charge in [0.1, 0.15) is 16.4 Å². The highest BCUT2D eigenvalue weighted by molar-refractivity contribution is 7.21. The zero-order valence-electron chi connectivity index (χ0n) is 21.5. The van der Waals surface area contributed by atoms with Gasteiger partial charge in [-0.2, -0.15) is 5.11 Å². The highest BCUT2D eigenvalue weighted by Crippen LogP contribution is 2.33. The van der Waals surface area contributed by atoms with Crippen molar-refractivity contribution < 1.29 is 5.11 Å². The molecule has 0 radical (unpaired) electrons. The highest BCUT2D eigenvalue weighted by Gasteiger charge is 2.07. The maximum atomic E-state index is 9.71. The van der Waals surface area contributed by atoms with Gasteiger partial charge >= 0.3 is 0 Å². The molecule has 0 atom stereocenters. The molecule has 0 saturated heterocycles. The van der Waals surface area contributed by atoms with Gasteiger partial charge in [0.2, 0.25) is 0 Å². The van der Waals surface area contributed by atoms with Gasteiger partial charge in [-0.15, -0.1) is 16.5 Å². The van der Waals surface area contributed by atoms with Crippen LogP contribution in [0.2, 0.25) is 0 Å². The number of thiazole rings is 1. The van der Waals surface area contributed by atoms with Crippen molar-refractivity contribution in [3.63, 3.8) is 0 Å². The van der Waals surface area contributed by atoms with Crippen LogP contribution >= 0.6 is 11.3 Å². The summed E-state index contributed by atoms with van der Waals surface area (Å²) < 4.78 is 1.19. The summed E-state index contributed by atoms with van der Waals surface area (Å²) in [4.78, 5) is 4.75. The standard InChI is InChI=1S/C20H15N3OS.4C2H6/c1-13-5-4-8-18-19(13)21-20(25-18)14-9-11-15(12-10-14)22-23-16-6-2-3-7-17(16)24;4*1-2/h2-12,24H,1H3;4*1-2H3. The summed E-state index contributed by atoms with van der Waals surface area (Å²) in [7, 11) is 0. The minimum Gasteiger partial charge on any atom is -0.506 e. The van der Waals surface area contributed by atoms with Crippen molar-refractivity contribution in [3.8, 4) is 16.3 Å². The summed E-state index contributed by atoms with van der Waals surface area (Å²) in [6.07, 6.45) is 0. The van der Waals surface area contributed by atoms with Crippen LogP contribution in [0, 0.1) is 6.92 Å². The van der Waals surface area contributed by atoms with E-state index in [-0.39, 0.29) is 5.75 Å². The van der Waals surface area contributed by atoms with Crippen LogP contribution in [0.1, 0.15) is 61.0 Å². The summed E-state index contributed by atoms with van der Waals surface area (Å²) in [6.45, 7) is 18.1. The van der Waals surface area contributed by atoms with Crippen LogP contribution in [-0.2, 0) is 0 Å². The van der Waals surface area contributed by atoms with Crippen molar-refractivity contribution in [1.82, 2.24) is 4.98 Å². The van der Waals surface area contributed by atoms with E-state index in [1.54, 1.807) is 29.5 Å². The number of hydrogen-bond donors (Lipinski definition) is 1. The van der Waals surface area contributed by atoms with E-state index >= 15 is 0 Å². The SMILES string of the molecule is CC.CC.CC.CC.Cc1cccc2sc(-c3ccc(N=Nc4ccccc4O)cc3)nc12. The number of phenols is 1. The Morgan fingerprint density at radius 2 is 1.30 bits per heavy atom. The minimum atomic E-state index is 0.118. The topological polar surface area (TPSA) is 57.8 Å². The van der Waals surface area contributed by atoms with Crippen LogP contribution in [0.15, 0.2) is 77.0 Å². The average molecular weight is 466 g/mol. The van der Waals surface area contributed by atoms with Gasteiger partial charge in [-0.05, 0) is 55.0 Å². The number of aromatic hydroxyl groups is 1. The maximum absolute atomic E-state index is 9.71. The van der Waals surface area contributed by atoms with Gasteiger partial charge in [-0.3, -0.25) is 0 Å². The molecule has 1 N–H and O–H groups in total. The number of nitrogens with zero attached hydrogens (tertiary/aromatic N) is 3. The Labute approximate surface area is 204 Å². The zero-order chi connectivity index (χ0) is 25.2. The molecule has 0 fully saturated rings. The van der Waals surface area contributed by atoms with Gasteiger partial charge in [0.05, 0.1) is 15.9 Å². The average Bonchev–Trinajstić information content (AvgIpc) is 3.35. The van der Waals surface area contributed by atoms with Crippen molar-refractivity contribution in [1.29, 1.82) is 0 Å². The predicted molar refractivity (Wildman–Crippen MR) is 147 cm³/mol. The third-order valence-electron chi connectivity index (χ3n) is 3.89. The summed E-state index contributed by atoms with van der Waals surface area (Å²) >= 11 is 1.68. The van der Waals surface area contributed by atoms with Crippen LogP contribution in [0.5, 0.6) is 5.75 Å². The highest BCUT2D eigenvalue weighted by atomic mass is 32.1. The first-order valence-corrected chi connectivity index (χ1v) is 12.7. The summed E-state index contributed by atoms with van der Waals surface area (Å²) in [5.41, 5.74) is 4.48. The molecule has 0 amide bonds. The van der Waals surface area contributed by atoms with E-state index < -0.39 is 0 Å². The molecule has 4 nitrogen and oxygen atoms in total. The molecule has 4 aromatic rings. The fourth-order valence-corrected chi connectivity index (χ4v) is 3.59. The van der Waals surface area contributed by atoms with Gasteiger partial charge in [0.25, 0.3) is 0 Å². The second-order valence-electron chi connectivity index (χ2n) is 5.68. The smallest absolute Gasteiger partial charge is 0.143 e. The summed E-state index contributed by atoms with van der Waals surface area (Å²) in [5.74, 6) is 0.118. The third kappa shape index (κ3) is 8.78. The van der Waals surface area contributed by atoms with Crippen molar-refractivity contribution in [2.75, 3.05) is 0 Å². The molecule has 0 aliphatic rings. The number of azo groups is 1. The number of hydrogen-bond acceptors (Lipinski definition) is 5. The first kappa shape index (κ1) is 29.9. The molecule has 0 spiro atoms. The monoisotopic (exact) mass is 465 g/mol.